The second-order valence-corrected chi connectivity index (χ2v) is 6.82. The number of nitrogens with zero attached hydrogens (tertiary/aromatic N) is 1. The van der Waals surface area contributed by atoms with E-state index >= 15 is 0 Å². The van der Waals surface area contributed by atoms with Gasteiger partial charge in [0.1, 0.15) is 0 Å². The Morgan fingerprint density at radius 2 is 2.00 bits per heavy atom. The van der Waals surface area contributed by atoms with Gasteiger partial charge in [-0.25, -0.2) is 0 Å². The molecule has 1 N–H and O–H groups in total. The molecule has 1 amide bonds. The lowest BCUT2D eigenvalue weighted by atomic mass is 10.0. The summed E-state index contributed by atoms with van der Waals surface area (Å²) in [5.74, 6) is 4.34. The summed E-state index contributed by atoms with van der Waals surface area (Å²) in [6, 6.07) is 0. The first kappa shape index (κ1) is 13.2. The summed E-state index contributed by atoms with van der Waals surface area (Å²) in [5, 5.41) is 3.41. The van der Waals surface area contributed by atoms with Crippen LogP contribution >= 0.6 is 11.8 Å². The fraction of sp³-hybridized carbons (Fsp3) is 0.923. The molecule has 0 aromatic rings. The summed E-state index contributed by atoms with van der Waals surface area (Å²) < 4.78 is 0. The molecule has 2 aliphatic heterocycles. The Labute approximate surface area is 109 Å². The molecule has 4 heteroatoms. The van der Waals surface area contributed by atoms with Crippen LogP contribution in [0.1, 0.15) is 20.3 Å². The van der Waals surface area contributed by atoms with Gasteiger partial charge in [-0.05, 0) is 29.9 Å². The number of hydrogen-bond donors (Lipinski definition) is 1. The lowest BCUT2D eigenvalue weighted by molar-refractivity contribution is -0.127. The maximum atomic E-state index is 12.0. The number of thioether (sulfide) groups is 1. The smallest absolute Gasteiger partial charge is 0.232 e. The largest absolute Gasteiger partial charge is 0.341 e. The number of carbonyl (C=O) groups is 1. The Kier molecular flexibility index (Phi) is 4.74. The van der Waals surface area contributed by atoms with Crippen molar-refractivity contribution in [2.75, 3.05) is 37.7 Å². The molecule has 0 aromatic heterocycles. The molecule has 2 saturated heterocycles. The summed E-state index contributed by atoms with van der Waals surface area (Å²) in [6.07, 6.45) is 1.22. The first-order valence-corrected chi connectivity index (χ1v) is 7.88. The number of rotatable bonds is 5. The Morgan fingerprint density at radius 3 is 2.59 bits per heavy atom. The number of amides is 1. The lowest BCUT2D eigenvalue weighted by Crippen LogP contribution is -2.33. The van der Waals surface area contributed by atoms with Crippen molar-refractivity contribution >= 4 is 17.7 Å². The first-order valence-electron chi connectivity index (χ1n) is 6.73. The molecule has 0 saturated carbocycles. The summed E-state index contributed by atoms with van der Waals surface area (Å²) in [4.78, 5) is 14.1. The molecule has 0 bridgehead atoms. The van der Waals surface area contributed by atoms with Crippen LogP contribution < -0.4 is 5.32 Å². The number of likely N-dealkylation sites (tertiary alicyclic amines) is 1. The molecule has 2 atom stereocenters. The van der Waals surface area contributed by atoms with Crippen LogP contribution in [0.5, 0.6) is 0 Å². The lowest BCUT2D eigenvalue weighted by Gasteiger charge is -2.17. The highest BCUT2D eigenvalue weighted by molar-refractivity contribution is 7.99. The second kappa shape index (κ2) is 6.10. The van der Waals surface area contributed by atoms with E-state index < -0.39 is 0 Å². The summed E-state index contributed by atoms with van der Waals surface area (Å²) in [7, 11) is 0. The minimum absolute atomic E-state index is 0.355. The van der Waals surface area contributed by atoms with Crippen molar-refractivity contribution in [2.24, 2.45) is 17.8 Å². The Hall–Kier alpha value is -0.220. The molecule has 0 unspecified atom stereocenters. The predicted octanol–water partition coefficient (Wildman–Crippen LogP) is 1.44. The highest BCUT2D eigenvalue weighted by atomic mass is 32.2. The second-order valence-electron chi connectivity index (χ2n) is 5.71. The van der Waals surface area contributed by atoms with Gasteiger partial charge in [0.2, 0.25) is 5.91 Å². The van der Waals surface area contributed by atoms with Crippen molar-refractivity contribution in [3.05, 3.63) is 0 Å². The van der Waals surface area contributed by atoms with E-state index in [0.717, 1.165) is 49.7 Å². The van der Waals surface area contributed by atoms with Gasteiger partial charge in [0.05, 0.1) is 5.75 Å². The molecule has 2 fully saturated rings. The monoisotopic (exact) mass is 256 g/mol. The van der Waals surface area contributed by atoms with Crippen molar-refractivity contribution < 1.29 is 4.79 Å². The van der Waals surface area contributed by atoms with Crippen LogP contribution in [0, 0.1) is 17.8 Å². The SMILES string of the molecule is CC(C)CCSCC(=O)N1C[C@H]2CNC[C@H]2C1. The highest BCUT2D eigenvalue weighted by Crippen LogP contribution is 2.26. The average Bonchev–Trinajstić information content (AvgIpc) is 2.83. The molecule has 0 radical (unpaired) electrons. The summed E-state index contributed by atoms with van der Waals surface area (Å²) >= 11 is 1.80. The van der Waals surface area contributed by atoms with Gasteiger partial charge < -0.3 is 10.2 Å². The van der Waals surface area contributed by atoms with Gasteiger partial charge in [0.15, 0.2) is 0 Å². The van der Waals surface area contributed by atoms with Crippen LogP contribution in [0.2, 0.25) is 0 Å². The number of hydrogen-bond acceptors (Lipinski definition) is 3. The van der Waals surface area contributed by atoms with Crippen molar-refractivity contribution in [1.29, 1.82) is 0 Å². The molecule has 2 aliphatic rings. The van der Waals surface area contributed by atoms with E-state index in [9.17, 15) is 4.79 Å². The van der Waals surface area contributed by atoms with Crippen LogP contribution in [0.25, 0.3) is 0 Å². The maximum absolute atomic E-state index is 12.0. The standard InChI is InChI=1S/C13H24N2OS/c1-10(2)3-4-17-9-13(16)15-7-11-5-14-6-12(11)8-15/h10-12,14H,3-9H2,1-2H3/t11-,12+. The molecule has 2 rings (SSSR count). The third-order valence-corrected chi connectivity index (χ3v) is 4.78. The molecule has 0 spiro atoms. The minimum Gasteiger partial charge on any atom is -0.341 e. The van der Waals surface area contributed by atoms with Crippen LogP contribution in [0.15, 0.2) is 0 Å². The van der Waals surface area contributed by atoms with Gasteiger partial charge in [0, 0.05) is 26.2 Å². The number of carbonyl (C=O) groups excluding carboxylic acids is 1. The van der Waals surface area contributed by atoms with Gasteiger partial charge >= 0.3 is 0 Å². The van der Waals surface area contributed by atoms with E-state index in [-0.39, 0.29) is 0 Å². The fourth-order valence-corrected chi connectivity index (χ4v) is 3.77. The minimum atomic E-state index is 0.355. The van der Waals surface area contributed by atoms with Crippen LogP contribution in [-0.4, -0.2) is 48.5 Å². The zero-order valence-electron chi connectivity index (χ0n) is 10.9. The van der Waals surface area contributed by atoms with Crippen LogP contribution in [0.4, 0.5) is 0 Å². The summed E-state index contributed by atoms with van der Waals surface area (Å²) in [5.41, 5.74) is 0. The first-order chi connectivity index (χ1) is 8.16. The van der Waals surface area contributed by atoms with Crippen molar-refractivity contribution in [2.45, 2.75) is 20.3 Å². The number of fused-ring (bicyclic) bond motifs is 1. The normalized spacial score (nSPS) is 27.8. The Bertz CT molecular complexity index is 258. The Morgan fingerprint density at radius 1 is 1.35 bits per heavy atom. The van der Waals surface area contributed by atoms with Crippen LogP contribution in [-0.2, 0) is 4.79 Å². The molecule has 98 valence electrons. The van der Waals surface area contributed by atoms with Gasteiger partial charge in [-0.2, -0.15) is 11.8 Å². The topological polar surface area (TPSA) is 32.3 Å². The quantitative estimate of drug-likeness (QED) is 0.756. The molecular formula is C13H24N2OS. The van der Waals surface area contributed by atoms with E-state index in [1.807, 2.05) is 0 Å². The van der Waals surface area contributed by atoms with Crippen molar-refractivity contribution in [3.8, 4) is 0 Å². The van der Waals surface area contributed by atoms with Crippen molar-refractivity contribution in [1.82, 2.24) is 10.2 Å². The summed E-state index contributed by atoms with van der Waals surface area (Å²) in [6.45, 7) is 8.65. The fourth-order valence-electron chi connectivity index (χ4n) is 2.63. The molecular weight excluding hydrogens is 232 g/mol. The van der Waals surface area contributed by atoms with E-state index in [4.69, 9.17) is 0 Å². The zero-order valence-corrected chi connectivity index (χ0v) is 11.8. The van der Waals surface area contributed by atoms with Crippen LogP contribution in [0.3, 0.4) is 0 Å². The third kappa shape index (κ3) is 3.62. The van der Waals surface area contributed by atoms with E-state index in [1.54, 1.807) is 11.8 Å². The highest BCUT2D eigenvalue weighted by Gasteiger charge is 2.37. The van der Waals surface area contributed by atoms with Gasteiger partial charge in [0.25, 0.3) is 0 Å². The van der Waals surface area contributed by atoms with Crippen molar-refractivity contribution in [3.63, 3.8) is 0 Å². The van der Waals surface area contributed by atoms with Gasteiger partial charge in [-0.3, -0.25) is 4.79 Å². The molecule has 17 heavy (non-hydrogen) atoms. The van der Waals surface area contributed by atoms with E-state index in [1.165, 1.54) is 6.42 Å². The molecule has 3 nitrogen and oxygen atoms in total. The maximum Gasteiger partial charge on any atom is 0.232 e. The Balaban J connectivity index is 1.64. The molecule has 2 heterocycles. The van der Waals surface area contributed by atoms with Gasteiger partial charge in [-0.1, -0.05) is 13.8 Å². The number of nitrogens with one attached hydrogen (secondary N) is 1. The third-order valence-electron chi connectivity index (χ3n) is 3.81. The van der Waals surface area contributed by atoms with Gasteiger partial charge in [-0.15, -0.1) is 0 Å². The van der Waals surface area contributed by atoms with E-state index in [0.29, 0.717) is 11.7 Å². The molecule has 0 aromatic carbocycles. The average molecular weight is 256 g/mol. The van der Waals surface area contributed by atoms with E-state index in [2.05, 4.69) is 24.1 Å². The molecule has 0 aliphatic carbocycles. The predicted molar refractivity (Wildman–Crippen MR) is 73.2 cm³/mol. The zero-order chi connectivity index (χ0) is 12.3.